The molecule has 1 saturated carbocycles. The summed E-state index contributed by atoms with van der Waals surface area (Å²) in [6.07, 6.45) is 12.6. The lowest BCUT2D eigenvalue weighted by molar-refractivity contribution is -0.0331. The van der Waals surface area contributed by atoms with Gasteiger partial charge in [0.15, 0.2) is 0 Å². The molecule has 8 heterocycles. The standard InChI is InChI=1S/C38H40N4O/c1-2-22-19-40-14-11-25-24-7-3-5-9-30(24)39-35(25)32(40)17-26(22)28-21-42-31-10-6-4-8-29(31)38-13-15-41-20-23-12-16-43-36(28)34(37(38)42)27(23)18-33(38)41/h2-10,12,21,26-27,32-34,36-37,39H,11,13-20H2,1H3/b22-2-/t26-,27-,32+,33-,34-,36-,37-,38+/m0/s1. The molecule has 1 aliphatic carbocycles. The van der Waals surface area contributed by atoms with Gasteiger partial charge in [-0.1, -0.05) is 59.7 Å². The number of para-hydroxylation sites is 2. The van der Waals surface area contributed by atoms with Crippen molar-refractivity contribution in [2.75, 3.05) is 37.7 Å². The number of nitrogens with one attached hydrogen (secondary N) is 1. The first-order valence-electron chi connectivity index (χ1n) is 16.9. The van der Waals surface area contributed by atoms with Crippen molar-refractivity contribution in [1.29, 1.82) is 0 Å². The lowest BCUT2D eigenvalue weighted by Crippen LogP contribution is -2.67. The summed E-state index contributed by atoms with van der Waals surface area (Å²) in [5.41, 5.74) is 12.5. The van der Waals surface area contributed by atoms with E-state index in [1.54, 1.807) is 27.8 Å². The second kappa shape index (κ2) is 8.32. The Morgan fingerprint density at radius 3 is 2.86 bits per heavy atom. The molecule has 1 spiro atoms. The van der Waals surface area contributed by atoms with E-state index in [1.807, 2.05) is 0 Å². The van der Waals surface area contributed by atoms with E-state index in [1.165, 1.54) is 41.7 Å². The number of aromatic nitrogens is 1. The highest BCUT2D eigenvalue weighted by Crippen LogP contribution is 2.66. The molecule has 7 aliphatic heterocycles. The van der Waals surface area contributed by atoms with Crippen LogP contribution in [0.3, 0.4) is 0 Å². The number of fused-ring (bicyclic) bond motifs is 7. The molecule has 5 heteroatoms. The van der Waals surface area contributed by atoms with Crippen LogP contribution in [0, 0.1) is 17.8 Å². The second-order valence-corrected chi connectivity index (χ2v) is 14.7. The fourth-order valence-corrected chi connectivity index (χ4v) is 11.9. The van der Waals surface area contributed by atoms with Gasteiger partial charge in [-0.15, -0.1) is 0 Å². The van der Waals surface area contributed by atoms with E-state index in [9.17, 15) is 0 Å². The predicted molar refractivity (Wildman–Crippen MR) is 170 cm³/mol. The number of allylic oxidation sites excluding steroid dienone is 1. The van der Waals surface area contributed by atoms with Gasteiger partial charge in [-0.3, -0.25) is 9.80 Å². The van der Waals surface area contributed by atoms with Crippen LogP contribution in [-0.4, -0.2) is 65.8 Å². The zero-order valence-corrected chi connectivity index (χ0v) is 25.0. The van der Waals surface area contributed by atoms with Gasteiger partial charge in [-0.2, -0.15) is 0 Å². The molecule has 3 aromatic rings. The van der Waals surface area contributed by atoms with Crippen LogP contribution in [0.15, 0.2) is 83.6 Å². The van der Waals surface area contributed by atoms with Crippen LogP contribution >= 0.6 is 0 Å². The SMILES string of the molecule is C/C=C1/CN2CCc3c([nH]c4ccccc34)[C@H]2C[C@@H]1C1=CN2c3ccccc3[C@@]34CCN5CC6=CCO[C@@H]1[C@@H]([C@H]23)[C@H]6C[C@H]54. The smallest absolute Gasteiger partial charge is 0.0866 e. The Labute approximate surface area is 253 Å². The molecule has 0 amide bonds. The molecule has 2 bridgehead atoms. The topological polar surface area (TPSA) is 34.7 Å². The zero-order chi connectivity index (χ0) is 28.0. The first-order valence-corrected chi connectivity index (χ1v) is 16.9. The summed E-state index contributed by atoms with van der Waals surface area (Å²) in [6, 6.07) is 20.0. The number of nitrogens with zero attached hydrogens (tertiary/aromatic N) is 3. The van der Waals surface area contributed by atoms with Gasteiger partial charge in [0.2, 0.25) is 0 Å². The summed E-state index contributed by atoms with van der Waals surface area (Å²) in [6.45, 7) is 7.63. The van der Waals surface area contributed by atoms with Crippen LogP contribution in [0.2, 0.25) is 0 Å². The molecule has 3 saturated heterocycles. The van der Waals surface area contributed by atoms with Crippen molar-refractivity contribution in [3.63, 3.8) is 0 Å². The first-order chi connectivity index (χ1) is 21.2. The van der Waals surface area contributed by atoms with Crippen molar-refractivity contribution in [3.05, 3.63) is 100 Å². The number of anilines is 1. The highest BCUT2D eigenvalue weighted by atomic mass is 16.5. The summed E-state index contributed by atoms with van der Waals surface area (Å²) >= 11 is 0. The van der Waals surface area contributed by atoms with Gasteiger partial charge in [-0.25, -0.2) is 0 Å². The van der Waals surface area contributed by atoms with E-state index in [0.29, 0.717) is 35.9 Å². The number of rotatable bonds is 1. The molecule has 43 heavy (non-hydrogen) atoms. The van der Waals surface area contributed by atoms with E-state index in [0.717, 1.165) is 39.1 Å². The highest BCUT2D eigenvalue weighted by molar-refractivity contribution is 5.85. The largest absolute Gasteiger partial charge is 0.369 e. The molecule has 5 nitrogen and oxygen atoms in total. The minimum absolute atomic E-state index is 0.191. The van der Waals surface area contributed by atoms with E-state index < -0.39 is 0 Å². The van der Waals surface area contributed by atoms with Crippen molar-refractivity contribution < 1.29 is 4.74 Å². The molecule has 1 aromatic heterocycles. The molecule has 11 rings (SSSR count). The summed E-state index contributed by atoms with van der Waals surface area (Å²) in [4.78, 5) is 12.3. The quantitative estimate of drug-likeness (QED) is 0.360. The number of hydrogen-bond donors (Lipinski definition) is 1. The van der Waals surface area contributed by atoms with E-state index in [-0.39, 0.29) is 11.5 Å². The number of piperidine rings is 2. The molecule has 0 radical (unpaired) electrons. The lowest BCUT2D eigenvalue weighted by Gasteiger charge is -2.59. The maximum Gasteiger partial charge on any atom is 0.0866 e. The van der Waals surface area contributed by atoms with Gasteiger partial charge in [0.1, 0.15) is 0 Å². The fourth-order valence-electron chi connectivity index (χ4n) is 11.9. The Morgan fingerprint density at radius 1 is 1.00 bits per heavy atom. The minimum Gasteiger partial charge on any atom is -0.369 e. The molecule has 218 valence electrons. The van der Waals surface area contributed by atoms with Gasteiger partial charge in [-0.05, 0) is 73.9 Å². The molecule has 0 unspecified atom stereocenters. The second-order valence-electron chi connectivity index (χ2n) is 14.7. The first kappa shape index (κ1) is 24.2. The molecular formula is C38H40N4O. The number of hydrogen-bond acceptors (Lipinski definition) is 4. The third-order valence-corrected chi connectivity index (χ3v) is 13.5. The van der Waals surface area contributed by atoms with Crippen molar-refractivity contribution in [2.24, 2.45) is 17.8 Å². The molecule has 8 atom stereocenters. The maximum absolute atomic E-state index is 7.10. The summed E-state index contributed by atoms with van der Waals surface area (Å²) < 4.78 is 7.10. The third kappa shape index (κ3) is 2.86. The normalized spacial score (nSPS) is 39.7. The van der Waals surface area contributed by atoms with Crippen LogP contribution in [0.25, 0.3) is 10.9 Å². The minimum atomic E-state index is 0.191. The fraction of sp³-hybridized carbons (Fsp3) is 0.474. The lowest BCUT2D eigenvalue weighted by atomic mass is 9.53. The Bertz CT molecular complexity index is 1800. The predicted octanol–water partition coefficient (Wildman–Crippen LogP) is 6.11. The molecule has 2 aromatic carbocycles. The molecule has 4 fully saturated rings. The van der Waals surface area contributed by atoms with Gasteiger partial charge in [0.25, 0.3) is 0 Å². The maximum atomic E-state index is 7.10. The zero-order valence-electron chi connectivity index (χ0n) is 25.0. The monoisotopic (exact) mass is 568 g/mol. The van der Waals surface area contributed by atoms with Crippen molar-refractivity contribution >= 4 is 16.6 Å². The van der Waals surface area contributed by atoms with Crippen LogP contribution < -0.4 is 4.90 Å². The van der Waals surface area contributed by atoms with Crippen molar-refractivity contribution in [2.45, 2.75) is 62.3 Å². The average molecular weight is 569 g/mol. The van der Waals surface area contributed by atoms with Crippen molar-refractivity contribution in [1.82, 2.24) is 14.8 Å². The summed E-state index contributed by atoms with van der Waals surface area (Å²) in [5.74, 6) is 1.56. The highest BCUT2D eigenvalue weighted by Gasteiger charge is 2.70. The Kier molecular flexibility index (Phi) is 4.69. The van der Waals surface area contributed by atoms with E-state index >= 15 is 0 Å². The number of benzene rings is 2. The Hall–Kier alpha value is -3.12. The summed E-state index contributed by atoms with van der Waals surface area (Å²) in [5, 5.41) is 1.43. The molecule has 1 N–H and O–H groups in total. The molecule has 8 aliphatic rings. The van der Waals surface area contributed by atoms with E-state index in [4.69, 9.17) is 4.74 Å². The van der Waals surface area contributed by atoms with Gasteiger partial charge >= 0.3 is 0 Å². The number of aromatic amines is 1. The Balaban J connectivity index is 1.08. The summed E-state index contributed by atoms with van der Waals surface area (Å²) in [7, 11) is 0. The number of H-pyrrole nitrogens is 1. The Morgan fingerprint density at radius 2 is 1.91 bits per heavy atom. The van der Waals surface area contributed by atoms with Crippen LogP contribution in [0.4, 0.5) is 5.69 Å². The van der Waals surface area contributed by atoms with Crippen LogP contribution in [-0.2, 0) is 16.6 Å². The van der Waals surface area contributed by atoms with Crippen molar-refractivity contribution in [3.8, 4) is 0 Å². The van der Waals surface area contributed by atoms with Gasteiger partial charge < -0.3 is 14.6 Å². The van der Waals surface area contributed by atoms with Crippen LogP contribution in [0.1, 0.15) is 49.0 Å². The van der Waals surface area contributed by atoms with E-state index in [2.05, 4.69) is 93.5 Å². The van der Waals surface area contributed by atoms with Gasteiger partial charge in [0, 0.05) is 71.4 Å². The number of ether oxygens (including phenoxy) is 1. The van der Waals surface area contributed by atoms with Crippen LogP contribution in [0.5, 0.6) is 0 Å². The van der Waals surface area contributed by atoms with Gasteiger partial charge in [0.05, 0.1) is 24.8 Å². The average Bonchev–Trinajstić information content (AvgIpc) is 3.67. The third-order valence-electron chi connectivity index (χ3n) is 13.5. The molecular weight excluding hydrogens is 528 g/mol.